The van der Waals surface area contributed by atoms with E-state index >= 15 is 0 Å². The Hall–Kier alpha value is -0.580. The van der Waals surface area contributed by atoms with Gasteiger partial charge in [0.1, 0.15) is 5.75 Å². The third-order valence-electron chi connectivity index (χ3n) is 4.33. The number of hydrogen-bond acceptors (Lipinski definition) is 3. The lowest BCUT2D eigenvalue weighted by molar-refractivity contribution is 0.241. The maximum Gasteiger partial charge on any atom is 0.136 e. The molecule has 21 heavy (non-hydrogen) atoms. The molecule has 0 unspecified atom stereocenters. The number of rotatable bonds is 6. The van der Waals surface area contributed by atoms with Gasteiger partial charge < -0.3 is 15.0 Å². The largest absolute Gasteiger partial charge is 0.492 e. The van der Waals surface area contributed by atoms with Gasteiger partial charge in [0.15, 0.2) is 0 Å². The van der Waals surface area contributed by atoms with E-state index in [-0.39, 0.29) is 0 Å². The van der Waals surface area contributed by atoms with Gasteiger partial charge in [0.2, 0.25) is 0 Å². The van der Waals surface area contributed by atoms with Crippen LogP contribution >= 0.6 is 15.9 Å². The van der Waals surface area contributed by atoms with Gasteiger partial charge in [-0.05, 0) is 65.2 Å². The van der Waals surface area contributed by atoms with Crippen molar-refractivity contribution in [1.82, 2.24) is 10.2 Å². The maximum absolute atomic E-state index is 6.11. The number of nitrogens with one attached hydrogen (secondary N) is 1. The third-order valence-corrected chi connectivity index (χ3v) is 4.92. The van der Waals surface area contributed by atoms with Crippen molar-refractivity contribution in [3.63, 3.8) is 0 Å². The summed E-state index contributed by atoms with van der Waals surface area (Å²) < 4.78 is 7.22. The molecule has 1 heterocycles. The Bertz CT molecular complexity index is 482. The number of piperazine rings is 1. The Morgan fingerprint density at radius 3 is 2.76 bits per heavy atom. The van der Waals surface area contributed by atoms with Crippen molar-refractivity contribution < 1.29 is 4.74 Å². The van der Waals surface area contributed by atoms with Crippen LogP contribution in [-0.2, 0) is 6.42 Å². The second-order valence-corrected chi connectivity index (χ2v) is 7.19. The average Bonchev–Trinajstić information content (AvgIpc) is 3.29. The molecule has 0 aromatic heterocycles. The molecule has 1 aliphatic heterocycles. The first-order chi connectivity index (χ1) is 10.2. The summed E-state index contributed by atoms with van der Waals surface area (Å²) >= 11 is 3.69. The molecule has 1 aromatic rings. The molecule has 1 aromatic carbocycles. The number of ether oxygens (including phenoxy) is 1. The fourth-order valence-electron chi connectivity index (χ4n) is 2.85. The molecule has 2 aliphatic rings. The molecule has 1 saturated carbocycles. The molecule has 1 saturated heterocycles. The Balaban J connectivity index is 1.65. The van der Waals surface area contributed by atoms with Gasteiger partial charge in [-0.3, -0.25) is 0 Å². The normalized spacial score (nSPS) is 19.7. The average molecular weight is 353 g/mol. The summed E-state index contributed by atoms with van der Waals surface area (Å²) in [5, 5.41) is 3.41. The van der Waals surface area contributed by atoms with Gasteiger partial charge in [0, 0.05) is 32.7 Å². The Labute approximate surface area is 136 Å². The van der Waals surface area contributed by atoms with E-state index in [2.05, 4.69) is 45.2 Å². The number of halogens is 1. The molecular formula is C17H25BrN2O. The number of aryl methyl sites for hydroxylation is 1. The van der Waals surface area contributed by atoms with Crippen molar-refractivity contribution in [2.24, 2.45) is 5.92 Å². The summed E-state index contributed by atoms with van der Waals surface area (Å²) in [6.45, 7) is 8.70. The molecule has 0 spiro atoms. The van der Waals surface area contributed by atoms with E-state index in [1.807, 2.05) is 0 Å². The van der Waals surface area contributed by atoms with Crippen molar-refractivity contribution in [1.29, 1.82) is 0 Å². The fraction of sp³-hybridized carbons (Fsp3) is 0.647. The summed E-state index contributed by atoms with van der Waals surface area (Å²) in [6.07, 6.45) is 3.74. The lowest BCUT2D eigenvalue weighted by atomic mass is 10.1. The quantitative estimate of drug-likeness (QED) is 0.851. The zero-order valence-electron chi connectivity index (χ0n) is 12.8. The Morgan fingerprint density at radius 2 is 2.05 bits per heavy atom. The second kappa shape index (κ2) is 7.12. The molecule has 0 radical (unpaired) electrons. The molecule has 1 N–H and O–H groups in total. The van der Waals surface area contributed by atoms with Gasteiger partial charge in [-0.2, -0.15) is 0 Å². The predicted molar refractivity (Wildman–Crippen MR) is 90.1 cm³/mol. The van der Waals surface area contributed by atoms with Gasteiger partial charge in [0.25, 0.3) is 0 Å². The van der Waals surface area contributed by atoms with Crippen LogP contribution < -0.4 is 10.1 Å². The minimum Gasteiger partial charge on any atom is -0.492 e. The lowest BCUT2D eigenvalue weighted by Crippen LogP contribution is -2.44. The fourth-order valence-corrected chi connectivity index (χ4v) is 3.58. The van der Waals surface area contributed by atoms with Crippen molar-refractivity contribution in [3.8, 4) is 5.75 Å². The molecule has 4 heteroatoms. The number of benzene rings is 1. The van der Waals surface area contributed by atoms with Crippen LogP contribution in [0.1, 0.15) is 24.0 Å². The van der Waals surface area contributed by atoms with E-state index in [0.29, 0.717) is 0 Å². The zero-order chi connectivity index (χ0) is 14.7. The first kappa shape index (κ1) is 15.3. The van der Waals surface area contributed by atoms with Crippen molar-refractivity contribution in [3.05, 3.63) is 27.7 Å². The minimum absolute atomic E-state index is 0.791. The molecular weight excluding hydrogens is 328 g/mol. The Kier molecular flexibility index (Phi) is 5.19. The maximum atomic E-state index is 6.11. The summed E-state index contributed by atoms with van der Waals surface area (Å²) in [7, 11) is 0. The lowest BCUT2D eigenvalue weighted by Gasteiger charge is -2.27. The van der Waals surface area contributed by atoms with Crippen LogP contribution in [0.15, 0.2) is 16.6 Å². The van der Waals surface area contributed by atoms with Crippen molar-refractivity contribution >= 4 is 15.9 Å². The topological polar surface area (TPSA) is 24.5 Å². The first-order valence-electron chi connectivity index (χ1n) is 8.07. The van der Waals surface area contributed by atoms with Crippen LogP contribution in [0, 0.1) is 12.8 Å². The number of nitrogens with zero attached hydrogens (tertiary/aromatic N) is 1. The highest BCUT2D eigenvalue weighted by atomic mass is 79.9. The van der Waals surface area contributed by atoms with Gasteiger partial charge in [-0.25, -0.2) is 0 Å². The summed E-state index contributed by atoms with van der Waals surface area (Å²) in [5.74, 6) is 1.86. The predicted octanol–water partition coefficient (Wildman–Crippen LogP) is 2.99. The molecule has 3 nitrogen and oxygen atoms in total. The van der Waals surface area contributed by atoms with E-state index in [1.165, 1.54) is 24.0 Å². The monoisotopic (exact) mass is 352 g/mol. The van der Waals surface area contributed by atoms with Gasteiger partial charge >= 0.3 is 0 Å². The zero-order valence-corrected chi connectivity index (χ0v) is 14.4. The molecule has 3 rings (SSSR count). The van der Waals surface area contributed by atoms with Crippen LogP contribution in [0.3, 0.4) is 0 Å². The van der Waals surface area contributed by atoms with E-state index < -0.39 is 0 Å². The smallest absolute Gasteiger partial charge is 0.136 e. The number of hydrogen-bond donors (Lipinski definition) is 1. The first-order valence-corrected chi connectivity index (χ1v) is 8.86. The van der Waals surface area contributed by atoms with E-state index in [4.69, 9.17) is 4.74 Å². The standard InChI is InChI=1S/C17H25BrN2O/c1-13-10-15(4-7-20-8-5-19-6-9-20)17(16(18)11-13)21-12-14-2-3-14/h10-11,14,19H,2-9,12H2,1H3. The van der Waals surface area contributed by atoms with Gasteiger partial charge in [-0.15, -0.1) is 0 Å². The highest BCUT2D eigenvalue weighted by Gasteiger charge is 2.23. The minimum atomic E-state index is 0.791. The van der Waals surface area contributed by atoms with Crippen molar-refractivity contribution in [2.75, 3.05) is 39.3 Å². The van der Waals surface area contributed by atoms with Gasteiger partial charge in [-0.1, -0.05) is 6.07 Å². The van der Waals surface area contributed by atoms with Crippen molar-refractivity contribution in [2.45, 2.75) is 26.2 Å². The summed E-state index contributed by atoms with van der Waals surface area (Å²) in [4.78, 5) is 2.54. The highest BCUT2D eigenvalue weighted by Crippen LogP contribution is 2.35. The molecule has 0 atom stereocenters. The summed E-state index contributed by atoms with van der Waals surface area (Å²) in [5.41, 5.74) is 2.65. The van der Waals surface area contributed by atoms with E-state index in [1.54, 1.807) is 0 Å². The SMILES string of the molecule is Cc1cc(Br)c(OCC2CC2)c(CCN2CCNCC2)c1. The molecule has 116 valence electrons. The third kappa shape index (κ3) is 4.44. The molecule has 0 bridgehead atoms. The molecule has 2 fully saturated rings. The van der Waals surface area contributed by atoms with Crippen LogP contribution in [-0.4, -0.2) is 44.2 Å². The van der Waals surface area contributed by atoms with Crippen LogP contribution in [0.25, 0.3) is 0 Å². The summed E-state index contributed by atoms with van der Waals surface area (Å²) in [6, 6.07) is 4.45. The van der Waals surface area contributed by atoms with Crippen LogP contribution in [0.5, 0.6) is 5.75 Å². The van der Waals surface area contributed by atoms with Gasteiger partial charge in [0.05, 0.1) is 11.1 Å². The van der Waals surface area contributed by atoms with E-state index in [9.17, 15) is 0 Å². The van der Waals surface area contributed by atoms with E-state index in [0.717, 1.165) is 61.9 Å². The molecule has 0 amide bonds. The Morgan fingerprint density at radius 1 is 1.29 bits per heavy atom. The molecule has 1 aliphatic carbocycles. The van der Waals surface area contributed by atoms with Crippen LogP contribution in [0.2, 0.25) is 0 Å². The highest BCUT2D eigenvalue weighted by molar-refractivity contribution is 9.10. The second-order valence-electron chi connectivity index (χ2n) is 6.33. The van der Waals surface area contributed by atoms with Crippen LogP contribution in [0.4, 0.5) is 0 Å².